The van der Waals surface area contributed by atoms with Gasteiger partial charge in [0.15, 0.2) is 0 Å². The second-order valence-corrected chi connectivity index (χ2v) is 9.42. The maximum Gasteiger partial charge on any atom is 0.141 e. The Bertz CT molecular complexity index is 800. The Morgan fingerprint density at radius 1 is 0.800 bits per heavy atom. The van der Waals surface area contributed by atoms with Crippen LogP contribution in [0.5, 0.6) is 0 Å². The Morgan fingerprint density at radius 3 is 1.44 bits per heavy atom. The van der Waals surface area contributed by atoms with Crippen molar-refractivity contribution in [2.45, 2.75) is 51.7 Å². The summed E-state index contributed by atoms with van der Waals surface area (Å²) in [5.41, 5.74) is -0.716. The van der Waals surface area contributed by atoms with Crippen LogP contribution < -0.4 is 0 Å². The van der Waals surface area contributed by atoms with Crippen molar-refractivity contribution in [1.29, 1.82) is 0 Å². The molecule has 3 N–H and O–H groups in total. The molecule has 3 saturated heterocycles. The van der Waals surface area contributed by atoms with Crippen LogP contribution in [0.2, 0.25) is 0 Å². The minimum Gasteiger partial charge on any atom is -0.516 e. The molecule has 45 heavy (non-hydrogen) atoms. The van der Waals surface area contributed by atoms with Gasteiger partial charge in [0.05, 0.1) is 50.3 Å². The maximum atomic E-state index is 12.1. The third kappa shape index (κ3) is 25.9. The SMILES string of the molecule is C1CCOC1.C=CO.CC(=O)CCC(C(C)=O)(C1COCCO1)C1CO1.COC.COC.O.c1ccncc1.c1ccncc1. The molecule has 3 fully saturated rings. The standard InChI is InChI=1S/C13H20O5.2C5H5N.C4H8O.2C2H6O.C2H4O.H2O/c1-9(14)3-4-13(10(2)15,12-8-18-12)11-7-16-5-6-17-11;2*1-2-4-6-5-3-1;1-2-4-5-3-1;2*1-3-2;1-2-3;/h11-12H,3-8H2,1-2H3;2*1-5H;1-4H2;2*1-2H3;2-3H,1H2;1H2. The lowest BCUT2D eigenvalue weighted by Gasteiger charge is -2.39. The Labute approximate surface area is 269 Å². The number of hydrogen-bond acceptors (Lipinski definition) is 11. The molecule has 0 saturated carbocycles. The summed E-state index contributed by atoms with van der Waals surface area (Å²) in [7, 11) is 6.50. The van der Waals surface area contributed by atoms with Gasteiger partial charge >= 0.3 is 0 Å². The van der Waals surface area contributed by atoms with Crippen LogP contribution in [-0.2, 0) is 38.0 Å². The second-order valence-electron chi connectivity index (χ2n) is 9.42. The lowest BCUT2D eigenvalue weighted by Crippen LogP contribution is -2.52. The summed E-state index contributed by atoms with van der Waals surface area (Å²) < 4.78 is 29.9. The van der Waals surface area contributed by atoms with Gasteiger partial charge in [-0.3, -0.25) is 14.8 Å². The molecule has 12 heteroatoms. The van der Waals surface area contributed by atoms with Gasteiger partial charge in [-0.15, -0.1) is 0 Å². The minimum absolute atomic E-state index is 0. The second kappa shape index (κ2) is 33.8. The zero-order valence-electron chi connectivity index (χ0n) is 27.9. The number of methoxy groups -OCH3 is 2. The number of Topliss-reactive ketones (excluding diaryl/α,β-unsaturated/α-hetero) is 2. The molecule has 0 spiro atoms. The van der Waals surface area contributed by atoms with Crippen LogP contribution >= 0.6 is 0 Å². The van der Waals surface area contributed by atoms with Crippen molar-refractivity contribution >= 4 is 11.6 Å². The smallest absolute Gasteiger partial charge is 0.141 e. The van der Waals surface area contributed by atoms with Crippen molar-refractivity contribution in [3.63, 3.8) is 0 Å². The number of epoxide rings is 1. The van der Waals surface area contributed by atoms with Gasteiger partial charge in [-0.05, 0) is 57.4 Å². The van der Waals surface area contributed by atoms with E-state index < -0.39 is 5.41 Å². The fraction of sp³-hybridized carbons (Fsp3) is 0.576. The summed E-state index contributed by atoms with van der Waals surface area (Å²) in [6, 6.07) is 11.4. The van der Waals surface area contributed by atoms with Gasteiger partial charge in [-0.1, -0.05) is 18.7 Å². The molecule has 0 amide bonds. The van der Waals surface area contributed by atoms with E-state index in [1.54, 1.807) is 60.2 Å². The van der Waals surface area contributed by atoms with Crippen LogP contribution in [0.3, 0.4) is 0 Å². The van der Waals surface area contributed by atoms with E-state index in [1.165, 1.54) is 19.8 Å². The lowest BCUT2D eigenvalue weighted by molar-refractivity contribution is -0.165. The summed E-state index contributed by atoms with van der Waals surface area (Å²) in [6.45, 7) is 10.0. The average molecular weight is 641 g/mol. The number of rotatable bonds is 6. The van der Waals surface area contributed by atoms with Crippen LogP contribution in [0, 0.1) is 5.41 Å². The van der Waals surface area contributed by atoms with Crippen LogP contribution in [0.1, 0.15) is 39.5 Å². The first-order valence-corrected chi connectivity index (χ1v) is 14.5. The molecule has 258 valence electrons. The number of hydrogen-bond donors (Lipinski definition) is 1. The van der Waals surface area contributed by atoms with Gasteiger partial charge in [-0.25, -0.2) is 0 Å². The Balaban J connectivity index is -0.000000537. The lowest BCUT2D eigenvalue weighted by atomic mass is 9.71. The van der Waals surface area contributed by atoms with Gasteiger partial charge in [0.1, 0.15) is 11.6 Å². The zero-order valence-corrected chi connectivity index (χ0v) is 27.9. The monoisotopic (exact) mass is 640 g/mol. The highest BCUT2D eigenvalue weighted by Gasteiger charge is 2.56. The van der Waals surface area contributed by atoms with Gasteiger partial charge in [0.2, 0.25) is 0 Å². The number of carbonyl (C=O) groups excluding carboxylic acids is 2. The normalized spacial score (nSPS) is 18.1. The molecular formula is C33H56N2O10. The molecule has 5 heterocycles. The first kappa shape index (κ1) is 46.3. The van der Waals surface area contributed by atoms with Crippen molar-refractivity contribution in [3.05, 3.63) is 74.0 Å². The molecular weight excluding hydrogens is 584 g/mol. The van der Waals surface area contributed by atoms with E-state index >= 15 is 0 Å². The van der Waals surface area contributed by atoms with Gasteiger partial charge < -0.3 is 43.8 Å². The third-order valence-corrected chi connectivity index (χ3v) is 5.80. The van der Waals surface area contributed by atoms with Crippen LogP contribution in [0.4, 0.5) is 0 Å². The van der Waals surface area contributed by atoms with E-state index in [-0.39, 0.29) is 29.3 Å². The molecule has 3 aliphatic heterocycles. The molecule has 0 bridgehead atoms. The van der Waals surface area contributed by atoms with Gasteiger partial charge in [-0.2, -0.15) is 0 Å². The van der Waals surface area contributed by atoms with Crippen LogP contribution in [0.25, 0.3) is 0 Å². The number of nitrogens with zero attached hydrogens (tertiary/aromatic N) is 2. The highest BCUT2D eigenvalue weighted by atomic mass is 16.6. The predicted molar refractivity (Wildman–Crippen MR) is 174 cm³/mol. The molecule has 3 unspecified atom stereocenters. The summed E-state index contributed by atoms with van der Waals surface area (Å²) in [5, 5.41) is 7.33. The average Bonchev–Trinajstić information content (AvgIpc) is 3.70. The molecule has 2 aromatic rings. The fourth-order valence-corrected chi connectivity index (χ4v) is 3.81. The number of aromatic nitrogens is 2. The molecule has 0 radical (unpaired) electrons. The zero-order chi connectivity index (χ0) is 33.3. The van der Waals surface area contributed by atoms with E-state index in [0.29, 0.717) is 39.3 Å². The van der Waals surface area contributed by atoms with E-state index in [4.69, 9.17) is 24.1 Å². The van der Waals surface area contributed by atoms with Crippen molar-refractivity contribution in [2.24, 2.45) is 5.41 Å². The summed E-state index contributed by atoms with van der Waals surface area (Å²) >= 11 is 0. The number of ketones is 2. The van der Waals surface area contributed by atoms with Crippen LogP contribution in [0.15, 0.2) is 74.0 Å². The number of carbonyl (C=O) groups is 2. The van der Waals surface area contributed by atoms with Crippen molar-refractivity contribution < 1.29 is 48.6 Å². The Kier molecular flexibility index (Phi) is 34.8. The number of ether oxygens (including phenoxy) is 6. The van der Waals surface area contributed by atoms with Crippen molar-refractivity contribution in [3.8, 4) is 0 Å². The van der Waals surface area contributed by atoms with Gasteiger partial charge in [0.25, 0.3) is 0 Å². The van der Waals surface area contributed by atoms with Crippen molar-refractivity contribution in [1.82, 2.24) is 9.97 Å². The molecule has 5 rings (SSSR count). The first-order valence-electron chi connectivity index (χ1n) is 14.5. The minimum atomic E-state index is -0.716. The molecule has 3 aliphatic rings. The summed E-state index contributed by atoms with van der Waals surface area (Å²) in [6.07, 6.45) is 10.7. The summed E-state index contributed by atoms with van der Waals surface area (Å²) in [4.78, 5) is 30.9. The third-order valence-electron chi connectivity index (χ3n) is 5.80. The quantitative estimate of drug-likeness (QED) is 0.356. The topological polar surface area (TPSA) is 170 Å². The first-order chi connectivity index (χ1) is 21.3. The molecule has 0 aromatic carbocycles. The Morgan fingerprint density at radius 2 is 1.22 bits per heavy atom. The molecule has 12 nitrogen and oxygen atoms in total. The van der Waals surface area contributed by atoms with Gasteiger partial charge in [0, 0.05) is 72.9 Å². The van der Waals surface area contributed by atoms with E-state index in [0.717, 1.165) is 19.5 Å². The number of pyridine rings is 2. The van der Waals surface area contributed by atoms with Crippen molar-refractivity contribution in [2.75, 3.05) is 68.1 Å². The Hall–Kier alpha value is -3.10. The van der Waals surface area contributed by atoms with E-state index in [9.17, 15) is 9.59 Å². The summed E-state index contributed by atoms with van der Waals surface area (Å²) in [5.74, 6) is 0.111. The molecule has 0 aliphatic carbocycles. The molecule has 2 aromatic heterocycles. The van der Waals surface area contributed by atoms with E-state index in [1.807, 2.05) is 36.4 Å². The predicted octanol–water partition coefficient (Wildman–Crippen LogP) is 4.09. The maximum absolute atomic E-state index is 12.1. The molecule has 3 atom stereocenters. The highest BCUT2D eigenvalue weighted by Crippen LogP contribution is 2.43. The fourth-order valence-electron chi connectivity index (χ4n) is 3.81. The van der Waals surface area contributed by atoms with E-state index in [2.05, 4.69) is 26.0 Å². The number of aliphatic hydroxyl groups is 1. The number of aliphatic hydroxyl groups excluding tert-OH is 1. The van der Waals surface area contributed by atoms with Crippen LogP contribution in [-0.4, -0.2) is 112 Å². The largest absolute Gasteiger partial charge is 0.516 e. The highest BCUT2D eigenvalue weighted by molar-refractivity contribution is 5.85.